The van der Waals surface area contributed by atoms with Crippen molar-refractivity contribution >= 4 is 11.3 Å². The Morgan fingerprint density at radius 2 is 2.24 bits per heavy atom. The second-order valence-electron chi connectivity index (χ2n) is 4.21. The summed E-state index contributed by atoms with van der Waals surface area (Å²) in [6.07, 6.45) is 1.73. The van der Waals surface area contributed by atoms with Crippen molar-refractivity contribution in [3.63, 3.8) is 0 Å². The highest BCUT2D eigenvalue weighted by atomic mass is 32.1. The van der Waals surface area contributed by atoms with Crippen LogP contribution in [0.15, 0.2) is 12.1 Å². The van der Waals surface area contributed by atoms with Crippen LogP contribution in [0.1, 0.15) is 36.4 Å². The standard InChI is InChI=1S/C14H21NOS/c1-4-12(2)15(3)11-14-9-8-13(17-14)7-5-6-10-16/h8-9,12,16H,4,6,10-11H2,1-3H3. The van der Waals surface area contributed by atoms with Crippen LogP contribution in [0, 0.1) is 11.8 Å². The molecule has 1 rings (SSSR count). The highest BCUT2D eigenvalue weighted by Crippen LogP contribution is 2.18. The van der Waals surface area contributed by atoms with E-state index in [1.807, 2.05) is 0 Å². The van der Waals surface area contributed by atoms with Crippen LogP contribution < -0.4 is 0 Å². The summed E-state index contributed by atoms with van der Waals surface area (Å²) in [5.41, 5.74) is 0. The molecule has 0 fully saturated rings. The van der Waals surface area contributed by atoms with Crippen molar-refractivity contribution in [2.45, 2.75) is 39.3 Å². The van der Waals surface area contributed by atoms with Crippen LogP contribution in [0.2, 0.25) is 0 Å². The average Bonchev–Trinajstić information content (AvgIpc) is 2.76. The molecule has 0 radical (unpaired) electrons. The lowest BCUT2D eigenvalue weighted by molar-refractivity contribution is 0.246. The summed E-state index contributed by atoms with van der Waals surface area (Å²) in [7, 11) is 2.16. The van der Waals surface area contributed by atoms with Gasteiger partial charge in [0.1, 0.15) is 0 Å². The van der Waals surface area contributed by atoms with Crippen LogP contribution in [0.3, 0.4) is 0 Å². The third kappa shape index (κ3) is 4.91. The van der Waals surface area contributed by atoms with E-state index in [9.17, 15) is 0 Å². The molecule has 0 saturated carbocycles. The molecular weight excluding hydrogens is 230 g/mol. The van der Waals surface area contributed by atoms with Crippen LogP contribution in [-0.4, -0.2) is 29.7 Å². The molecule has 1 aromatic heterocycles. The molecule has 3 heteroatoms. The molecule has 0 aromatic carbocycles. The minimum Gasteiger partial charge on any atom is -0.395 e. The lowest BCUT2D eigenvalue weighted by Crippen LogP contribution is -2.27. The highest BCUT2D eigenvalue weighted by Gasteiger charge is 2.08. The van der Waals surface area contributed by atoms with Crippen molar-refractivity contribution < 1.29 is 5.11 Å². The van der Waals surface area contributed by atoms with Gasteiger partial charge in [0, 0.05) is 23.9 Å². The van der Waals surface area contributed by atoms with Crippen LogP contribution in [0.25, 0.3) is 0 Å². The second-order valence-corrected chi connectivity index (χ2v) is 5.38. The summed E-state index contributed by atoms with van der Waals surface area (Å²) in [6.45, 7) is 5.58. The van der Waals surface area contributed by atoms with Crippen molar-refractivity contribution in [3.8, 4) is 11.8 Å². The van der Waals surface area contributed by atoms with Crippen LogP contribution >= 0.6 is 11.3 Å². The van der Waals surface area contributed by atoms with Crippen molar-refractivity contribution in [2.24, 2.45) is 0 Å². The monoisotopic (exact) mass is 251 g/mol. The number of hydrogen-bond donors (Lipinski definition) is 1. The first-order valence-electron chi connectivity index (χ1n) is 6.06. The molecule has 2 nitrogen and oxygen atoms in total. The molecule has 0 aliphatic heterocycles. The average molecular weight is 251 g/mol. The third-order valence-electron chi connectivity index (χ3n) is 2.86. The van der Waals surface area contributed by atoms with Crippen molar-refractivity contribution in [3.05, 3.63) is 21.9 Å². The Bertz CT molecular complexity index is 388. The molecule has 17 heavy (non-hydrogen) atoms. The van der Waals surface area contributed by atoms with Crippen LogP contribution in [0.4, 0.5) is 0 Å². The Balaban J connectivity index is 2.54. The predicted octanol–water partition coefficient (Wildman–Crippen LogP) is 2.71. The third-order valence-corrected chi connectivity index (χ3v) is 3.84. The van der Waals surface area contributed by atoms with Gasteiger partial charge >= 0.3 is 0 Å². The van der Waals surface area contributed by atoms with E-state index in [1.54, 1.807) is 11.3 Å². The maximum Gasteiger partial charge on any atom is 0.0771 e. The van der Waals surface area contributed by atoms with E-state index in [-0.39, 0.29) is 6.61 Å². The lowest BCUT2D eigenvalue weighted by Gasteiger charge is -2.22. The predicted molar refractivity (Wildman–Crippen MR) is 74.1 cm³/mol. The zero-order valence-electron chi connectivity index (χ0n) is 10.9. The minimum atomic E-state index is 0.141. The summed E-state index contributed by atoms with van der Waals surface area (Å²) in [4.78, 5) is 4.80. The Morgan fingerprint density at radius 1 is 1.47 bits per heavy atom. The molecule has 1 N–H and O–H groups in total. The molecule has 0 saturated heterocycles. The van der Waals surface area contributed by atoms with Crippen LogP contribution in [0.5, 0.6) is 0 Å². The number of hydrogen-bond acceptors (Lipinski definition) is 3. The number of thiophene rings is 1. The first kappa shape index (κ1) is 14.2. The number of rotatable bonds is 5. The van der Waals surface area contributed by atoms with Gasteiger partial charge in [0.25, 0.3) is 0 Å². The Labute approximate surface area is 108 Å². The first-order chi connectivity index (χ1) is 8.17. The van der Waals surface area contributed by atoms with Gasteiger partial charge in [0.2, 0.25) is 0 Å². The van der Waals surface area contributed by atoms with Crippen molar-refractivity contribution in [2.75, 3.05) is 13.7 Å². The van der Waals surface area contributed by atoms with Gasteiger partial charge in [-0.3, -0.25) is 4.90 Å². The van der Waals surface area contributed by atoms with E-state index >= 15 is 0 Å². The van der Waals surface area contributed by atoms with Gasteiger partial charge in [-0.1, -0.05) is 18.8 Å². The zero-order chi connectivity index (χ0) is 12.7. The fraction of sp³-hybridized carbons (Fsp3) is 0.571. The molecule has 0 bridgehead atoms. The number of nitrogens with zero attached hydrogens (tertiary/aromatic N) is 1. The van der Waals surface area contributed by atoms with E-state index < -0.39 is 0 Å². The Kier molecular flexibility index (Phi) is 6.28. The molecule has 0 spiro atoms. The van der Waals surface area contributed by atoms with E-state index in [0.29, 0.717) is 12.5 Å². The normalized spacial score (nSPS) is 12.3. The highest BCUT2D eigenvalue weighted by molar-refractivity contribution is 7.12. The van der Waals surface area contributed by atoms with Crippen LogP contribution in [-0.2, 0) is 6.54 Å². The quantitative estimate of drug-likeness (QED) is 0.813. The number of aliphatic hydroxyl groups is 1. The lowest BCUT2D eigenvalue weighted by atomic mass is 10.2. The van der Waals surface area contributed by atoms with E-state index in [1.165, 1.54) is 11.3 Å². The van der Waals surface area contributed by atoms with Gasteiger partial charge in [0.05, 0.1) is 11.5 Å². The molecule has 1 unspecified atom stereocenters. The Morgan fingerprint density at radius 3 is 2.88 bits per heavy atom. The maximum atomic E-state index is 8.65. The molecule has 94 valence electrons. The SMILES string of the molecule is CCC(C)N(C)Cc1ccc(C#CCCO)s1. The molecule has 0 amide bonds. The molecule has 1 heterocycles. The van der Waals surface area contributed by atoms with E-state index in [2.05, 4.69) is 49.8 Å². The molecular formula is C14H21NOS. The van der Waals surface area contributed by atoms with Gasteiger partial charge < -0.3 is 5.11 Å². The van der Waals surface area contributed by atoms with Gasteiger partial charge in [-0.15, -0.1) is 11.3 Å². The fourth-order valence-corrected chi connectivity index (χ4v) is 2.39. The van der Waals surface area contributed by atoms with Crippen molar-refractivity contribution in [1.29, 1.82) is 0 Å². The van der Waals surface area contributed by atoms with Gasteiger partial charge in [-0.25, -0.2) is 0 Å². The molecule has 0 aliphatic carbocycles. The zero-order valence-corrected chi connectivity index (χ0v) is 11.7. The number of aliphatic hydroxyl groups excluding tert-OH is 1. The topological polar surface area (TPSA) is 23.5 Å². The van der Waals surface area contributed by atoms with Gasteiger partial charge in [-0.05, 0) is 32.5 Å². The molecule has 1 aromatic rings. The smallest absolute Gasteiger partial charge is 0.0771 e. The summed E-state index contributed by atoms with van der Waals surface area (Å²) in [6, 6.07) is 4.82. The Hall–Kier alpha value is -0.820. The van der Waals surface area contributed by atoms with E-state index in [4.69, 9.17) is 5.11 Å². The van der Waals surface area contributed by atoms with Gasteiger partial charge in [-0.2, -0.15) is 0 Å². The molecule has 1 atom stereocenters. The first-order valence-corrected chi connectivity index (χ1v) is 6.87. The summed E-state index contributed by atoms with van der Waals surface area (Å²) < 4.78 is 0. The van der Waals surface area contributed by atoms with Gasteiger partial charge in [0.15, 0.2) is 0 Å². The maximum absolute atomic E-state index is 8.65. The largest absolute Gasteiger partial charge is 0.395 e. The fourth-order valence-electron chi connectivity index (χ4n) is 1.45. The van der Waals surface area contributed by atoms with Crippen molar-refractivity contribution in [1.82, 2.24) is 4.90 Å². The summed E-state index contributed by atoms with van der Waals surface area (Å²) >= 11 is 1.74. The molecule has 0 aliphatic rings. The minimum absolute atomic E-state index is 0.141. The summed E-state index contributed by atoms with van der Waals surface area (Å²) in [5.74, 6) is 6.02. The second kappa shape index (κ2) is 7.50. The summed E-state index contributed by atoms with van der Waals surface area (Å²) in [5, 5.41) is 8.65. The van der Waals surface area contributed by atoms with E-state index in [0.717, 1.165) is 11.4 Å².